The normalized spacial score (nSPS) is 16.5. The standard InChI is InChI=1S/C10H22N2O3S/c1-8(16(3)14)4-6-12-10(13)9(11)5-7-15-2/h8-9H,4-7,11H2,1-3H3,(H,12,13). The summed E-state index contributed by atoms with van der Waals surface area (Å²) in [6.45, 7) is 2.89. The highest BCUT2D eigenvalue weighted by atomic mass is 32.2. The monoisotopic (exact) mass is 250 g/mol. The first-order chi connectivity index (χ1) is 7.49. The Labute approximate surface area is 99.6 Å². The van der Waals surface area contributed by atoms with E-state index in [4.69, 9.17) is 10.5 Å². The summed E-state index contributed by atoms with van der Waals surface area (Å²) in [4.78, 5) is 11.4. The van der Waals surface area contributed by atoms with Gasteiger partial charge in [0, 0.05) is 42.6 Å². The van der Waals surface area contributed by atoms with Crippen LogP contribution >= 0.6 is 0 Å². The van der Waals surface area contributed by atoms with Crippen molar-refractivity contribution in [1.29, 1.82) is 0 Å². The molecule has 0 aromatic heterocycles. The number of nitrogens with two attached hydrogens (primary N) is 1. The molecule has 96 valence electrons. The number of methoxy groups -OCH3 is 1. The first-order valence-corrected chi connectivity index (χ1v) is 6.95. The van der Waals surface area contributed by atoms with Crippen molar-refractivity contribution in [3.8, 4) is 0 Å². The number of nitrogens with one attached hydrogen (secondary N) is 1. The highest BCUT2D eigenvalue weighted by Gasteiger charge is 2.13. The molecule has 0 rings (SSSR count). The van der Waals surface area contributed by atoms with E-state index in [9.17, 15) is 9.00 Å². The summed E-state index contributed by atoms with van der Waals surface area (Å²) in [6, 6.07) is -0.526. The van der Waals surface area contributed by atoms with Crippen LogP contribution in [0.25, 0.3) is 0 Å². The Bertz CT molecular complexity index is 236. The molecular formula is C10H22N2O3S. The van der Waals surface area contributed by atoms with Crippen LogP contribution in [0.3, 0.4) is 0 Å². The van der Waals surface area contributed by atoms with E-state index in [1.165, 1.54) is 0 Å². The van der Waals surface area contributed by atoms with E-state index in [0.717, 1.165) is 0 Å². The number of carbonyl (C=O) groups is 1. The Balaban J connectivity index is 3.68. The van der Waals surface area contributed by atoms with Gasteiger partial charge in [-0.05, 0) is 12.8 Å². The summed E-state index contributed by atoms with van der Waals surface area (Å²) >= 11 is 0. The maximum atomic E-state index is 11.4. The third-order valence-corrected chi connectivity index (χ3v) is 3.76. The molecule has 0 bridgehead atoms. The maximum Gasteiger partial charge on any atom is 0.237 e. The van der Waals surface area contributed by atoms with E-state index in [-0.39, 0.29) is 11.2 Å². The molecule has 0 aromatic rings. The number of hydrogen-bond donors (Lipinski definition) is 2. The molecule has 0 saturated heterocycles. The van der Waals surface area contributed by atoms with Gasteiger partial charge >= 0.3 is 0 Å². The second kappa shape index (κ2) is 8.66. The molecule has 0 aliphatic rings. The number of hydrogen-bond acceptors (Lipinski definition) is 4. The zero-order valence-corrected chi connectivity index (χ0v) is 11.0. The Kier molecular flexibility index (Phi) is 8.42. The Hall–Kier alpha value is -0.460. The lowest BCUT2D eigenvalue weighted by Crippen LogP contribution is -2.42. The third kappa shape index (κ3) is 6.92. The van der Waals surface area contributed by atoms with E-state index < -0.39 is 16.8 Å². The van der Waals surface area contributed by atoms with Crippen LogP contribution in [0.5, 0.6) is 0 Å². The minimum Gasteiger partial charge on any atom is -0.385 e. The fourth-order valence-corrected chi connectivity index (χ4v) is 1.52. The Morgan fingerprint density at radius 1 is 1.50 bits per heavy atom. The molecular weight excluding hydrogens is 228 g/mol. The molecule has 0 saturated carbocycles. The van der Waals surface area contributed by atoms with E-state index in [2.05, 4.69) is 5.32 Å². The van der Waals surface area contributed by atoms with Crippen molar-refractivity contribution >= 4 is 16.7 Å². The summed E-state index contributed by atoms with van der Waals surface area (Å²) < 4.78 is 15.9. The Morgan fingerprint density at radius 3 is 2.62 bits per heavy atom. The molecule has 0 fully saturated rings. The fraction of sp³-hybridized carbons (Fsp3) is 0.900. The molecule has 0 aliphatic carbocycles. The average Bonchev–Trinajstić information content (AvgIpc) is 2.25. The van der Waals surface area contributed by atoms with Crippen LogP contribution < -0.4 is 11.1 Å². The highest BCUT2D eigenvalue weighted by molar-refractivity contribution is 7.84. The molecule has 3 atom stereocenters. The minimum absolute atomic E-state index is 0.0931. The van der Waals surface area contributed by atoms with Gasteiger partial charge in [0.05, 0.1) is 6.04 Å². The lowest BCUT2D eigenvalue weighted by Gasteiger charge is -2.13. The van der Waals surface area contributed by atoms with Gasteiger partial charge < -0.3 is 15.8 Å². The molecule has 0 radical (unpaired) electrons. The summed E-state index contributed by atoms with van der Waals surface area (Å²) in [5.74, 6) is -0.175. The van der Waals surface area contributed by atoms with Crippen molar-refractivity contribution in [2.24, 2.45) is 5.73 Å². The van der Waals surface area contributed by atoms with Crippen LogP contribution in [0, 0.1) is 0 Å². The van der Waals surface area contributed by atoms with Crippen molar-refractivity contribution < 1.29 is 13.7 Å². The quantitative estimate of drug-likeness (QED) is 0.615. The number of rotatable bonds is 8. The number of ether oxygens (including phenoxy) is 1. The minimum atomic E-state index is -0.843. The predicted molar refractivity (Wildman–Crippen MR) is 65.6 cm³/mol. The molecule has 0 spiro atoms. The molecule has 0 aliphatic heterocycles. The van der Waals surface area contributed by atoms with Gasteiger partial charge in [-0.2, -0.15) is 0 Å². The summed E-state index contributed by atoms with van der Waals surface area (Å²) in [6.07, 6.45) is 2.88. The molecule has 0 heterocycles. The van der Waals surface area contributed by atoms with Crippen LogP contribution in [-0.4, -0.2) is 47.9 Å². The summed E-state index contributed by atoms with van der Waals surface area (Å²) in [5, 5.41) is 2.82. The van der Waals surface area contributed by atoms with Crippen molar-refractivity contribution in [3.63, 3.8) is 0 Å². The predicted octanol–water partition coefficient (Wildman–Crippen LogP) is -0.376. The second-order valence-corrected chi connectivity index (χ2v) is 5.58. The van der Waals surface area contributed by atoms with Gasteiger partial charge in [0.15, 0.2) is 0 Å². The zero-order chi connectivity index (χ0) is 12.6. The molecule has 16 heavy (non-hydrogen) atoms. The molecule has 3 N–H and O–H groups in total. The van der Waals surface area contributed by atoms with E-state index in [0.29, 0.717) is 26.0 Å². The first kappa shape index (κ1) is 15.5. The largest absolute Gasteiger partial charge is 0.385 e. The second-order valence-electron chi connectivity index (χ2n) is 3.78. The van der Waals surface area contributed by atoms with Crippen LogP contribution in [0.1, 0.15) is 19.8 Å². The molecule has 1 amide bonds. The highest BCUT2D eigenvalue weighted by Crippen LogP contribution is 1.97. The lowest BCUT2D eigenvalue weighted by atomic mass is 10.2. The Morgan fingerprint density at radius 2 is 2.12 bits per heavy atom. The van der Waals surface area contributed by atoms with E-state index >= 15 is 0 Å². The van der Waals surface area contributed by atoms with Crippen LogP contribution in [0.4, 0.5) is 0 Å². The summed E-state index contributed by atoms with van der Waals surface area (Å²) in [7, 11) is 0.729. The third-order valence-electron chi connectivity index (χ3n) is 2.39. The van der Waals surface area contributed by atoms with E-state index in [1.807, 2.05) is 6.92 Å². The van der Waals surface area contributed by atoms with Crippen molar-refractivity contribution in [1.82, 2.24) is 5.32 Å². The molecule has 0 aromatic carbocycles. The smallest absolute Gasteiger partial charge is 0.237 e. The van der Waals surface area contributed by atoms with Crippen molar-refractivity contribution in [2.75, 3.05) is 26.5 Å². The molecule has 3 unspecified atom stereocenters. The zero-order valence-electron chi connectivity index (χ0n) is 10.2. The fourth-order valence-electron chi connectivity index (χ4n) is 1.07. The maximum absolute atomic E-state index is 11.4. The van der Waals surface area contributed by atoms with Gasteiger partial charge in [-0.15, -0.1) is 0 Å². The van der Waals surface area contributed by atoms with Gasteiger partial charge in [-0.1, -0.05) is 6.92 Å². The van der Waals surface area contributed by atoms with Crippen LogP contribution in [0.2, 0.25) is 0 Å². The lowest BCUT2D eigenvalue weighted by molar-refractivity contribution is -0.122. The van der Waals surface area contributed by atoms with Gasteiger partial charge in [0.2, 0.25) is 5.91 Å². The van der Waals surface area contributed by atoms with Gasteiger partial charge in [-0.25, -0.2) is 0 Å². The van der Waals surface area contributed by atoms with Gasteiger partial charge in [0.1, 0.15) is 0 Å². The van der Waals surface area contributed by atoms with E-state index in [1.54, 1.807) is 13.4 Å². The SMILES string of the molecule is COCCC(N)C(=O)NCCC(C)S(C)=O. The van der Waals surface area contributed by atoms with Gasteiger partial charge in [-0.3, -0.25) is 9.00 Å². The average molecular weight is 250 g/mol. The molecule has 5 nitrogen and oxygen atoms in total. The topological polar surface area (TPSA) is 81.4 Å². The number of amides is 1. The number of carbonyl (C=O) groups excluding carboxylic acids is 1. The van der Waals surface area contributed by atoms with Crippen molar-refractivity contribution in [2.45, 2.75) is 31.1 Å². The first-order valence-electron chi connectivity index (χ1n) is 5.33. The van der Waals surface area contributed by atoms with Gasteiger partial charge in [0.25, 0.3) is 0 Å². The summed E-state index contributed by atoms with van der Waals surface area (Å²) in [5.41, 5.74) is 5.63. The van der Waals surface area contributed by atoms with Crippen LogP contribution in [-0.2, 0) is 20.3 Å². The van der Waals surface area contributed by atoms with Crippen LogP contribution in [0.15, 0.2) is 0 Å². The van der Waals surface area contributed by atoms with Crippen molar-refractivity contribution in [3.05, 3.63) is 0 Å². The molecule has 6 heteroatoms.